The van der Waals surface area contributed by atoms with Gasteiger partial charge in [0.1, 0.15) is 0 Å². The van der Waals surface area contributed by atoms with Gasteiger partial charge in [-0.3, -0.25) is 0 Å². The number of rotatable bonds is 4. The zero-order valence-electron chi connectivity index (χ0n) is 17.8. The molecule has 0 saturated carbocycles. The van der Waals surface area contributed by atoms with Crippen LogP contribution >= 0.6 is 23.5 Å². The average Bonchev–Trinajstić information content (AvgIpc) is 3.02. The number of aryl methyl sites for hydroxylation is 1. The van der Waals surface area contributed by atoms with Crippen molar-refractivity contribution < 1.29 is 0 Å². The Morgan fingerprint density at radius 1 is 0.833 bits per heavy atom. The Morgan fingerprint density at radius 3 is 2.33 bits per heavy atom. The second-order valence-corrected chi connectivity index (χ2v) is 10.8. The van der Waals surface area contributed by atoms with Crippen LogP contribution in [0.4, 0.5) is 5.69 Å². The number of likely N-dealkylation sites (N-methyl/N-ethyl adjacent to an activating group) is 2. The highest BCUT2D eigenvalue weighted by Gasteiger charge is 2.41. The van der Waals surface area contributed by atoms with Crippen molar-refractivity contribution >= 4 is 29.2 Å². The van der Waals surface area contributed by atoms with Crippen LogP contribution in [0, 0.1) is 6.92 Å². The Labute approximate surface area is 188 Å². The van der Waals surface area contributed by atoms with Gasteiger partial charge in [0.2, 0.25) is 0 Å². The molecule has 0 N–H and O–H groups in total. The number of hydrogen-bond acceptors (Lipinski definition) is 4. The maximum Gasteiger partial charge on any atom is 0.0545 e. The van der Waals surface area contributed by atoms with Gasteiger partial charge in [0, 0.05) is 45.1 Å². The molecule has 2 atom stereocenters. The molecule has 154 valence electrons. The topological polar surface area (TPSA) is 6.48 Å². The lowest BCUT2D eigenvalue weighted by Gasteiger charge is -2.35. The standard InChI is InChI=1S/C26H28N2S2/c1-18-9-11-20(12-10-18)30-25-16-21(29-19-7-5-4-6-8-19)15-22-23-17-27(2)14-13-24(23)28(3)26(22)25/h4-12,15-16,23-24H,13-14,17H2,1-3H3. The maximum atomic E-state index is 2.57. The van der Waals surface area contributed by atoms with E-state index in [0.29, 0.717) is 12.0 Å². The molecule has 2 unspecified atom stereocenters. The summed E-state index contributed by atoms with van der Waals surface area (Å²) in [7, 11) is 4.57. The van der Waals surface area contributed by atoms with Crippen LogP contribution < -0.4 is 4.90 Å². The largest absolute Gasteiger partial charge is 0.370 e. The molecule has 1 saturated heterocycles. The van der Waals surface area contributed by atoms with Crippen LogP contribution in [-0.4, -0.2) is 38.1 Å². The van der Waals surface area contributed by atoms with Gasteiger partial charge in [-0.05, 0) is 68.9 Å². The minimum atomic E-state index is 0.595. The third kappa shape index (κ3) is 3.89. The summed E-state index contributed by atoms with van der Waals surface area (Å²) < 4.78 is 0. The molecule has 0 amide bonds. The average molecular weight is 433 g/mol. The smallest absolute Gasteiger partial charge is 0.0545 e. The Hall–Kier alpha value is -1.88. The first-order valence-electron chi connectivity index (χ1n) is 10.7. The third-order valence-electron chi connectivity index (χ3n) is 6.33. The second kappa shape index (κ2) is 8.33. The molecular weight excluding hydrogens is 404 g/mol. The van der Waals surface area contributed by atoms with Crippen LogP contribution in [-0.2, 0) is 0 Å². The van der Waals surface area contributed by atoms with Crippen molar-refractivity contribution in [1.82, 2.24) is 4.90 Å². The zero-order chi connectivity index (χ0) is 20.7. The van der Waals surface area contributed by atoms with E-state index in [1.54, 1.807) is 0 Å². The summed E-state index contributed by atoms with van der Waals surface area (Å²) >= 11 is 3.78. The number of nitrogens with zero attached hydrogens (tertiary/aromatic N) is 2. The molecule has 0 spiro atoms. The Balaban J connectivity index is 1.57. The molecular formula is C26H28N2S2. The van der Waals surface area contributed by atoms with Crippen LogP contribution in [0.15, 0.2) is 86.3 Å². The van der Waals surface area contributed by atoms with E-state index in [9.17, 15) is 0 Å². The zero-order valence-corrected chi connectivity index (χ0v) is 19.5. The molecule has 2 nitrogen and oxygen atoms in total. The van der Waals surface area contributed by atoms with Crippen molar-refractivity contribution in [3.05, 3.63) is 77.9 Å². The number of anilines is 1. The summed E-state index contributed by atoms with van der Waals surface area (Å²) in [5, 5.41) is 0. The summed E-state index contributed by atoms with van der Waals surface area (Å²) in [5.41, 5.74) is 4.29. The highest BCUT2D eigenvalue weighted by molar-refractivity contribution is 8.00. The molecule has 0 radical (unpaired) electrons. The molecule has 3 aromatic carbocycles. The lowest BCUT2D eigenvalue weighted by Crippen LogP contribution is -2.43. The SMILES string of the molecule is Cc1ccc(Sc2cc(Sc3ccccc3)cc3c2N(C)C2CCN(C)CC32)cc1. The molecule has 0 bridgehead atoms. The van der Waals surface area contributed by atoms with Gasteiger partial charge in [-0.25, -0.2) is 0 Å². The van der Waals surface area contributed by atoms with Gasteiger partial charge in [0.15, 0.2) is 0 Å². The van der Waals surface area contributed by atoms with Gasteiger partial charge in [-0.1, -0.05) is 59.4 Å². The van der Waals surface area contributed by atoms with E-state index >= 15 is 0 Å². The van der Waals surface area contributed by atoms with Gasteiger partial charge < -0.3 is 9.80 Å². The summed E-state index contributed by atoms with van der Waals surface area (Å²) in [6, 6.07) is 25.1. The van der Waals surface area contributed by atoms with Crippen molar-refractivity contribution in [2.45, 2.75) is 44.9 Å². The molecule has 2 heterocycles. The normalized spacial score (nSPS) is 20.8. The monoisotopic (exact) mass is 432 g/mol. The number of hydrogen-bond donors (Lipinski definition) is 0. The number of fused-ring (bicyclic) bond motifs is 3. The first-order chi connectivity index (χ1) is 14.6. The van der Waals surface area contributed by atoms with Gasteiger partial charge in [-0.15, -0.1) is 0 Å². The molecule has 3 aromatic rings. The summed E-state index contributed by atoms with van der Waals surface area (Å²) in [6.45, 7) is 4.49. The van der Waals surface area contributed by atoms with E-state index in [-0.39, 0.29) is 0 Å². The van der Waals surface area contributed by atoms with Crippen molar-refractivity contribution in [1.29, 1.82) is 0 Å². The van der Waals surface area contributed by atoms with Gasteiger partial charge in [0.25, 0.3) is 0 Å². The van der Waals surface area contributed by atoms with Crippen LogP contribution in [0.2, 0.25) is 0 Å². The number of likely N-dealkylation sites (tertiary alicyclic amines) is 1. The maximum absolute atomic E-state index is 2.57. The number of piperidine rings is 1. The van der Waals surface area contributed by atoms with Crippen LogP contribution in [0.5, 0.6) is 0 Å². The summed E-state index contributed by atoms with van der Waals surface area (Å²) in [6.07, 6.45) is 1.24. The second-order valence-electron chi connectivity index (χ2n) is 8.53. The van der Waals surface area contributed by atoms with E-state index in [2.05, 4.69) is 97.5 Å². The molecule has 30 heavy (non-hydrogen) atoms. The Bertz CT molecular complexity index is 1030. The summed E-state index contributed by atoms with van der Waals surface area (Å²) in [4.78, 5) is 10.4. The predicted octanol–water partition coefficient (Wildman–Crippen LogP) is 6.53. The Morgan fingerprint density at radius 2 is 1.57 bits per heavy atom. The van der Waals surface area contributed by atoms with E-state index in [1.807, 2.05) is 23.5 Å². The van der Waals surface area contributed by atoms with Crippen molar-refractivity contribution in [3.8, 4) is 0 Å². The Kier molecular flexibility index (Phi) is 5.57. The molecule has 0 aromatic heterocycles. The predicted molar refractivity (Wildman–Crippen MR) is 129 cm³/mol. The van der Waals surface area contributed by atoms with Gasteiger partial charge >= 0.3 is 0 Å². The van der Waals surface area contributed by atoms with Crippen molar-refractivity contribution in [2.24, 2.45) is 0 Å². The minimum Gasteiger partial charge on any atom is -0.370 e. The van der Waals surface area contributed by atoms with Crippen LogP contribution in [0.3, 0.4) is 0 Å². The molecule has 0 aliphatic carbocycles. The van der Waals surface area contributed by atoms with Crippen molar-refractivity contribution in [2.75, 3.05) is 32.1 Å². The van der Waals surface area contributed by atoms with E-state index in [1.165, 1.54) is 49.4 Å². The first-order valence-corrected chi connectivity index (χ1v) is 12.3. The van der Waals surface area contributed by atoms with Gasteiger partial charge in [-0.2, -0.15) is 0 Å². The van der Waals surface area contributed by atoms with Crippen LogP contribution in [0.1, 0.15) is 23.5 Å². The van der Waals surface area contributed by atoms with E-state index in [0.717, 1.165) is 6.54 Å². The molecule has 5 rings (SSSR count). The molecule has 1 fully saturated rings. The highest BCUT2D eigenvalue weighted by atomic mass is 32.2. The van der Waals surface area contributed by atoms with Gasteiger partial charge in [0.05, 0.1) is 5.69 Å². The fourth-order valence-corrected chi connectivity index (χ4v) is 6.87. The fraction of sp³-hybridized carbons (Fsp3) is 0.308. The molecule has 4 heteroatoms. The van der Waals surface area contributed by atoms with Crippen LogP contribution in [0.25, 0.3) is 0 Å². The van der Waals surface area contributed by atoms with E-state index < -0.39 is 0 Å². The first kappa shape index (κ1) is 20.0. The minimum absolute atomic E-state index is 0.595. The van der Waals surface area contributed by atoms with Crippen molar-refractivity contribution in [3.63, 3.8) is 0 Å². The quantitative estimate of drug-likeness (QED) is 0.462. The summed E-state index contributed by atoms with van der Waals surface area (Å²) in [5.74, 6) is 0.595. The fourth-order valence-electron chi connectivity index (χ4n) is 4.80. The lowest BCUT2D eigenvalue weighted by molar-refractivity contribution is 0.234. The number of benzene rings is 3. The third-order valence-corrected chi connectivity index (χ3v) is 8.35. The molecule has 2 aliphatic heterocycles. The lowest BCUT2D eigenvalue weighted by atomic mass is 9.89. The molecule has 2 aliphatic rings. The van der Waals surface area contributed by atoms with E-state index in [4.69, 9.17) is 0 Å². The highest BCUT2D eigenvalue weighted by Crippen LogP contribution is 2.51.